The van der Waals surface area contributed by atoms with E-state index in [4.69, 9.17) is 9.63 Å². The van der Waals surface area contributed by atoms with Crippen LogP contribution in [-0.4, -0.2) is 17.0 Å². The van der Waals surface area contributed by atoms with E-state index in [9.17, 15) is 14.2 Å². The van der Waals surface area contributed by atoms with Crippen molar-refractivity contribution in [2.24, 2.45) is 0 Å². The molecule has 0 saturated heterocycles. The molecule has 0 radical (unpaired) electrons. The Hall–Kier alpha value is -2.39. The Labute approximate surface area is 128 Å². The first-order chi connectivity index (χ1) is 10.5. The summed E-state index contributed by atoms with van der Waals surface area (Å²) in [7, 11) is -3.58. The normalized spacial score (nSPS) is 10.9. The molecule has 114 valence electrons. The highest BCUT2D eigenvalue weighted by Crippen LogP contribution is 2.44. The molecule has 0 aliphatic rings. The molecule has 0 aliphatic heterocycles. The number of hydrogen-bond acceptors (Lipinski definition) is 4. The molecule has 0 unspecified atom stereocenters. The largest absolute Gasteiger partial charge is 0.481 e. The summed E-state index contributed by atoms with van der Waals surface area (Å²) in [5.41, 5.74) is 0. The molecule has 0 aromatic heterocycles. The van der Waals surface area contributed by atoms with E-state index in [2.05, 4.69) is 0 Å². The van der Waals surface area contributed by atoms with E-state index in [0.717, 1.165) is 0 Å². The molecule has 2 rings (SSSR count). The molecular weight excluding hydrogens is 303 g/mol. The molecule has 5 nitrogen and oxygen atoms in total. The molecule has 0 saturated carbocycles. The predicted molar refractivity (Wildman–Crippen MR) is 82.7 cm³/mol. The smallest absolute Gasteiger partial charge is 0.311 e. The molecule has 0 bridgehead atoms. The lowest BCUT2D eigenvalue weighted by Crippen LogP contribution is -2.21. The number of carbonyl (C=O) groups excluding carboxylic acids is 1. The summed E-state index contributed by atoms with van der Waals surface area (Å²) in [6, 6.07) is 16.8. The molecular formula is C16H15O5P. The van der Waals surface area contributed by atoms with Crippen LogP contribution in [-0.2, 0) is 18.7 Å². The van der Waals surface area contributed by atoms with Crippen molar-refractivity contribution in [1.29, 1.82) is 0 Å². The Balaban J connectivity index is 2.33. The zero-order chi connectivity index (χ0) is 16.0. The standard InChI is InChI=1S/C16H15O5P/c17-15(18)11-12-16(19)21-22(20,13-7-3-1-4-8-13)14-9-5-2-6-10-14/h1-10H,11-12H2,(H,17,18). The van der Waals surface area contributed by atoms with E-state index in [1.54, 1.807) is 60.7 Å². The van der Waals surface area contributed by atoms with Crippen LogP contribution >= 0.6 is 7.37 Å². The van der Waals surface area contributed by atoms with Gasteiger partial charge in [-0.15, -0.1) is 0 Å². The van der Waals surface area contributed by atoms with Gasteiger partial charge in [-0.25, -0.2) is 0 Å². The minimum Gasteiger partial charge on any atom is -0.481 e. The zero-order valence-electron chi connectivity index (χ0n) is 11.7. The van der Waals surface area contributed by atoms with E-state index in [1.807, 2.05) is 0 Å². The van der Waals surface area contributed by atoms with Gasteiger partial charge in [-0.1, -0.05) is 36.4 Å². The van der Waals surface area contributed by atoms with Crippen LogP contribution in [0.15, 0.2) is 60.7 Å². The number of benzene rings is 2. The predicted octanol–water partition coefficient (Wildman–Crippen LogP) is 2.32. The average Bonchev–Trinajstić information content (AvgIpc) is 2.54. The SMILES string of the molecule is O=C(O)CCC(=O)OP(=O)(c1ccccc1)c1ccccc1. The molecule has 2 aromatic rings. The van der Waals surface area contributed by atoms with Crippen LogP contribution < -0.4 is 10.6 Å². The number of carboxylic acids is 1. The third kappa shape index (κ3) is 3.83. The number of carboxylic acid groups (broad SMARTS) is 1. The Morgan fingerprint density at radius 2 is 1.32 bits per heavy atom. The summed E-state index contributed by atoms with van der Waals surface area (Å²) in [5, 5.41) is 9.40. The Kier molecular flexibility index (Phi) is 5.12. The summed E-state index contributed by atoms with van der Waals surface area (Å²) >= 11 is 0. The van der Waals surface area contributed by atoms with E-state index in [-0.39, 0.29) is 12.8 Å². The third-order valence-corrected chi connectivity index (χ3v) is 5.38. The molecule has 6 heteroatoms. The zero-order valence-corrected chi connectivity index (χ0v) is 12.6. The van der Waals surface area contributed by atoms with Crippen molar-refractivity contribution in [3.63, 3.8) is 0 Å². The van der Waals surface area contributed by atoms with Gasteiger partial charge in [0.2, 0.25) is 0 Å². The van der Waals surface area contributed by atoms with Gasteiger partial charge in [-0.05, 0) is 24.3 Å². The van der Waals surface area contributed by atoms with Crippen LogP contribution in [0.2, 0.25) is 0 Å². The van der Waals surface area contributed by atoms with Crippen molar-refractivity contribution in [3.05, 3.63) is 60.7 Å². The minimum atomic E-state index is -3.58. The van der Waals surface area contributed by atoms with Crippen LogP contribution in [0.1, 0.15) is 12.8 Å². The van der Waals surface area contributed by atoms with Crippen molar-refractivity contribution in [3.8, 4) is 0 Å². The van der Waals surface area contributed by atoms with Crippen molar-refractivity contribution in [2.75, 3.05) is 0 Å². The Bertz CT molecular complexity index is 653. The van der Waals surface area contributed by atoms with E-state index in [0.29, 0.717) is 10.6 Å². The molecule has 0 amide bonds. The van der Waals surface area contributed by atoms with Gasteiger partial charge < -0.3 is 9.63 Å². The number of carbonyl (C=O) groups is 2. The number of aliphatic carboxylic acids is 1. The molecule has 0 spiro atoms. The topological polar surface area (TPSA) is 80.7 Å². The van der Waals surface area contributed by atoms with E-state index >= 15 is 0 Å². The van der Waals surface area contributed by atoms with Crippen LogP contribution in [0, 0.1) is 0 Å². The average molecular weight is 318 g/mol. The molecule has 0 aliphatic carbocycles. The summed E-state index contributed by atoms with van der Waals surface area (Å²) in [5.74, 6) is -1.90. The van der Waals surface area contributed by atoms with Gasteiger partial charge in [0.05, 0.1) is 23.5 Å². The van der Waals surface area contributed by atoms with Gasteiger partial charge >= 0.3 is 19.3 Å². The first-order valence-corrected chi connectivity index (χ1v) is 8.30. The van der Waals surface area contributed by atoms with Crippen LogP contribution in [0.25, 0.3) is 0 Å². The van der Waals surface area contributed by atoms with Gasteiger partial charge in [0, 0.05) is 0 Å². The van der Waals surface area contributed by atoms with Crippen molar-refractivity contribution >= 4 is 29.9 Å². The number of hydrogen-bond donors (Lipinski definition) is 1. The molecule has 2 aromatic carbocycles. The fourth-order valence-electron chi connectivity index (χ4n) is 1.90. The molecule has 0 atom stereocenters. The quantitative estimate of drug-likeness (QED) is 0.827. The minimum absolute atomic E-state index is 0.320. The summed E-state index contributed by atoms with van der Waals surface area (Å²) in [6.07, 6.45) is -0.679. The van der Waals surface area contributed by atoms with Crippen LogP contribution in [0.4, 0.5) is 0 Å². The fraction of sp³-hybridized carbons (Fsp3) is 0.125. The first-order valence-electron chi connectivity index (χ1n) is 6.68. The lowest BCUT2D eigenvalue weighted by atomic mass is 10.3. The maximum Gasteiger partial charge on any atom is 0.311 e. The number of rotatable bonds is 6. The second-order valence-corrected chi connectivity index (χ2v) is 6.90. The first kappa shape index (κ1) is 16.0. The fourth-order valence-corrected chi connectivity index (χ4v) is 3.92. The summed E-state index contributed by atoms with van der Waals surface area (Å²) in [4.78, 5) is 22.4. The second-order valence-electron chi connectivity index (χ2n) is 4.58. The highest BCUT2D eigenvalue weighted by Gasteiger charge is 2.31. The van der Waals surface area contributed by atoms with E-state index < -0.39 is 19.3 Å². The van der Waals surface area contributed by atoms with E-state index in [1.165, 1.54) is 0 Å². The van der Waals surface area contributed by atoms with Gasteiger partial charge in [0.1, 0.15) is 0 Å². The summed E-state index contributed by atoms with van der Waals surface area (Å²) < 4.78 is 18.5. The molecule has 0 fully saturated rings. The van der Waals surface area contributed by atoms with Gasteiger partial charge in [0.25, 0.3) is 0 Å². The molecule has 22 heavy (non-hydrogen) atoms. The maximum atomic E-state index is 13.3. The highest BCUT2D eigenvalue weighted by atomic mass is 31.2. The lowest BCUT2D eigenvalue weighted by molar-refractivity contribution is -0.142. The maximum absolute atomic E-state index is 13.3. The van der Waals surface area contributed by atoms with Gasteiger partial charge in [-0.3, -0.25) is 14.2 Å². The molecule has 1 N–H and O–H groups in total. The Morgan fingerprint density at radius 3 is 1.73 bits per heavy atom. The van der Waals surface area contributed by atoms with Crippen molar-refractivity contribution in [1.82, 2.24) is 0 Å². The van der Waals surface area contributed by atoms with Crippen LogP contribution in [0.3, 0.4) is 0 Å². The van der Waals surface area contributed by atoms with Gasteiger partial charge in [-0.2, -0.15) is 0 Å². The van der Waals surface area contributed by atoms with Crippen molar-refractivity contribution in [2.45, 2.75) is 12.8 Å². The van der Waals surface area contributed by atoms with Gasteiger partial charge in [0.15, 0.2) is 0 Å². The monoisotopic (exact) mass is 318 g/mol. The third-order valence-electron chi connectivity index (χ3n) is 2.97. The lowest BCUT2D eigenvalue weighted by Gasteiger charge is -2.19. The highest BCUT2D eigenvalue weighted by molar-refractivity contribution is 7.74. The second kappa shape index (κ2) is 7.05. The van der Waals surface area contributed by atoms with Crippen molar-refractivity contribution < 1.29 is 23.8 Å². The summed E-state index contributed by atoms with van der Waals surface area (Å²) in [6.45, 7) is 0. The molecule has 0 heterocycles. The van der Waals surface area contributed by atoms with Crippen LogP contribution in [0.5, 0.6) is 0 Å². The Morgan fingerprint density at radius 1 is 0.864 bits per heavy atom.